The maximum atomic E-state index is 9.97. The molecule has 0 saturated carbocycles. The minimum Gasteiger partial charge on any atom is -0.303 e. The van der Waals surface area contributed by atoms with Crippen molar-refractivity contribution in [2.24, 2.45) is 0 Å². The summed E-state index contributed by atoms with van der Waals surface area (Å²) in [5.74, 6) is 0. The summed E-state index contributed by atoms with van der Waals surface area (Å²) >= 11 is 1.72. The molecule has 1 heterocycles. The van der Waals surface area contributed by atoms with Gasteiger partial charge in [0, 0.05) is 11.3 Å². The van der Waals surface area contributed by atoms with Crippen LogP contribution in [0.5, 0.6) is 0 Å². The van der Waals surface area contributed by atoms with E-state index in [2.05, 4.69) is 18.4 Å². The maximum absolute atomic E-state index is 9.97. The lowest BCUT2D eigenvalue weighted by atomic mass is 10.2. The van der Waals surface area contributed by atoms with Gasteiger partial charge in [-0.3, -0.25) is 0 Å². The van der Waals surface area contributed by atoms with Crippen LogP contribution in [0.1, 0.15) is 16.9 Å². The fourth-order valence-electron chi connectivity index (χ4n) is 0.818. The molecule has 0 amide bonds. The molecule has 0 saturated heterocycles. The summed E-state index contributed by atoms with van der Waals surface area (Å²) in [6.07, 6.45) is 5.27. The second-order valence-electron chi connectivity index (χ2n) is 2.24. The van der Waals surface area contributed by atoms with Crippen molar-refractivity contribution < 1.29 is 4.79 Å². The summed E-state index contributed by atoms with van der Waals surface area (Å²) in [4.78, 5) is 11.3. The fraction of sp³-hybridized carbons (Fsp3) is 0.222. The summed E-state index contributed by atoms with van der Waals surface area (Å²) < 4.78 is 0. The van der Waals surface area contributed by atoms with Gasteiger partial charge >= 0.3 is 0 Å². The first-order valence-electron chi connectivity index (χ1n) is 3.49. The number of rotatable bonds is 3. The molecule has 1 aromatic heterocycles. The van der Waals surface area contributed by atoms with Gasteiger partial charge in [0.2, 0.25) is 0 Å². The van der Waals surface area contributed by atoms with Gasteiger partial charge in [-0.1, -0.05) is 12.2 Å². The van der Waals surface area contributed by atoms with Crippen LogP contribution < -0.4 is 0 Å². The van der Waals surface area contributed by atoms with Gasteiger partial charge in [0.25, 0.3) is 0 Å². The molecule has 0 aliphatic heterocycles. The van der Waals surface area contributed by atoms with Crippen LogP contribution >= 0.6 is 11.3 Å². The summed E-state index contributed by atoms with van der Waals surface area (Å²) in [7, 11) is 0. The molecular weight excluding hydrogens is 156 g/mol. The second kappa shape index (κ2) is 4.09. The normalized spacial score (nSPS) is 10.6. The Labute approximate surface area is 70.4 Å². The average molecular weight is 166 g/mol. The van der Waals surface area contributed by atoms with Gasteiger partial charge in [-0.25, -0.2) is 0 Å². The number of thiophene rings is 1. The first kappa shape index (κ1) is 8.21. The number of allylic oxidation sites excluding steroid dienone is 1. The first-order chi connectivity index (χ1) is 5.34. The van der Waals surface area contributed by atoms with Gasteiger partial charge in [0.1, 0.15) is 6.29 Å². The Morgan fingerprint density at radius 1 is 1.64 bits per heavy atom. The molecule has 0 bridgehead atoms. The number of hydrogen-bond donors (Lipinski definition) is 0. The molecule has 0 unspecified atom stereocenters. The minimum atomic E-state index is 0.509. The van der Waals surface area contributed by atoms with Gasteiger partial charge in [-0.15, -0.1) is 11.3 Å². The SMILES string of the molecule is Cc1sccc1C=CCC=O. The first-order valence-corrected chi connectivity index (χ1v) is 4.37. The van der Waals surface area contributed by atoms with Crippen LogP contribution in [-0.2, 0) is 4.79 Å². The summed E-state index contributed by atoms with van der Waals surface area (Å²) in [5.41, 5.74) is 1.22. The number of aldehydes is 1. The molecular formula is C9H10OS. The van der Waals surface area contributed by atoms with Gasteiger partial charge in [-0.05, 0) is 23.9 Å². The highest BCUT2D eigenvalue weighted by Crippen LogP contribution is 2.16. The van der Waals surface area contributed by atoms with E-state index in [0.29, 0.717) is 6.42 Å². The number of aryl methyl sites for hydroxylation is 1. The lowest BCUT2D eigenvalue weighted by Gasteiger charge is -1.86. The summed E-state index contributed by atoms with van der Waals surface area (Å²) in [6, 6.07) is 2.06. The van der Waals surface area contributed by atoms with E-state index in [4.69, 9.17) is 0 Å². The van der Waals surface area contributed by atoms with E-state index in [-0.39, 0.29) is 0 Å². The van der Waals surface area contributed by atoms with Crippen molar-refractivity contribution >= 4 is 23.7 Å². The summed E-state index contributed by atoms with van der Waals surface area (Å²) in [6.45, 7) is 2.07. The zero-order valence-corrected chi connectivity index (χ0v) is 7.23. The Morgan fingerprint density at radius 2 is 2.45 bits per heavy atom. The topological polar surface area (TPSA) is 17.1 Å². The molecule has 0 aromatic carbocycles. The van der Waals surface area contributed by atoms with E-state index in [0.717, 1.165) is 6.29 Å². The lowest BCUT2D eigenvalue weighted by Crippen LogP contribution is -1.69. The smallest absolute Gasteiger partial charge is 0.123 e. The highest BCUT2D eigenvalue weighted by molar-refractivity contribution is 7.10. The average Bonchev–Trinajstić information content (AvgIpc) is 2.37. The summed E-state index contributed by atoms with van der Waals surface area (Å²) in [5, 5.41) is 2.05. The molecule has 0 spiro atoms. The molecule has 0 N–H and O–H groups in total. The van der Waals surface area contributed by atoms with Crippen molar-refractivity contribution in [2.45, 2.75) is 13.3 Å². The van der Waals surface area contributed by atoms with Gasteiger partial charge in [0.15, 0.2) is 0 Å². The second-order valence-corrected chi connectivity index (χ2v) is 3.36. The van der Waals surface area contributed by atoms with Gasteiger partial charge < -0.3 is 4.79 Å². The molecule has 1 aromatic rings. The Morgan fingerprint density at radius 3 is 3.00 bits per heavy atom. The van der Waals surface area contributed by atoms with E-state index in [9.17, 15) is 4.79 Å². The molecule has 0 aliphatic carbocycles. The fourth-order valence-corrected chi connectivity index (χ4v) is 1.51. The van der Waals surface area contributed by atoms with E-state index in [1.54, 1.807) is 11.3 Å². The number of carbonyl (C=O) groups excluding carboxylic acids is 1. The molecule has 0 fully saturated rings. The lowest BCUT2D eigenvalue weighted by molar-refractivity contribution is -0.107. The van der Waals surface area contributed by atoms with Crippen LogP contribution in [0.15, 0.2) is 17.5 Å². The molecule has 1 nitrogen and oxygen atoms in total. The van der Waals surface area contributed by atoms with Crippen molar-refractivity contribution in [2.75, 3.05) is 0 Å². The third kappa shape index (κ3) is 2.31. The highest BCUT2D eigenvalue weighted by atomic mass is 32.1. The van der Waals surface area contributed by atoms with Crippen LogP contribution in [0.4, 0.5) is 0 Å². The third-order valence-electron chi connectivity index (χ3n) is 1.43. The van der Waals surface area contributed by atoms with Crippen molar-refractivity contribution in [3.63, 3.8) is 0 Å². The number of hydrogen-bond acceptors (Lipinski definition) is 2. The maximum Gasteiger partial charge on any atom is 0.123 e. The molecule has 1 rings (SSSR count). The largest absolute Gasteiger partial charge is 0.303 e. The van der Waals surface area contributed by atoms with Crippen molar-refractivity contribution in [1.29, 1.82) is 0 Å². The molecule has 0 atom stereocenters. The Kier molecular flexibility index (Phi) is 3.05. The van der Waals surface area contributed by atoms with E-state index in [1.807, 2.05) is 12.2 Å². The van der Waals surface area contributed by atoms with Crippen molar-refractivity contribution in [3.8, 4) is 0 Å². The quantitative estimate of drug-likeness (QED) is 0.631. The minimum absolute atomic E-state index is 0.509. The van der Waals surface area contributed by atoms with Gasteiger partial charge in [-0.2, -0.15) is 0 Å². The number of carbonyl (C=O) groups is 1. The standard InChI is InChI=1S/C9H10OS/c1-8-9(5-7-11-8)4-2-3-6-10/h2,4-7H,3H2,1H3. The molecule has 58 valence electrons. The van der Waals surface area contributed by atoms with Crippen LogP contribution in [0, 0.1) is 6.92 Å². The van der Waals surface area contributed by atoms with Gasteiger partial charge in [0.05, 0.1) is 0 Å². The zero-order valence-electron chi connectivity index (χ0n) is 6.41. The highest BCUT2D eigenvalue weighted by Gasteiger charge is 1.91. The molecule has 0 aliphatic rings. The van der Waals surface area contributed by atoms with Crippen LogP contribution in [0.25, 0.3) is 6.08 Å². The zero-order chi connectivity index (χ0) is 8.10. The van der Waals surface area contributed by atoms with Crippen molar-refractivity contribution in [3.05, 3.63) is 28.0 Å². The van der Waals surface area contributed by atoms with Crippen LogP contribution in [0.3, 0.4) is 0 Å². The predicted octanol–water partition coefficient (Wildman–Crippen LogP) is 2.66. The van der Waals surface area contributed by atoms with Crippen molar-refractivity contribution in [1.82, 2.24) is 0 Å². The van der Waals surface area contributed by atoms with E-state index >= 15 is 0 Å². The van der Waals surface area contributed by atoms with Crippen LogP contribution in [0.2, 0.25) is 0 Å². The monoisotopic (exact) mass is 166 g/mol. The van der Waals surface area contributed by atoms with Crippen LogP contribution in [-0.4, -0.2) is 6.29 Å². The van der Waals surface area contributed by atoms with E-state index < -0.39 is 0 Å². The third-order valence-corrected chi connectivity index (χ3v) is 2.29. The molecule has 0 radical (unpaired) electrons. The Hall–Kier alpha value is -0.890. The Balaban J connectivity index is 2.63. The predicted molar refractivity (Wildman–Crippen MR) is 48.8 cm³/mol. The molecule has 2 heteroatoms. The Bertz CT molecular complexity index is 260. The molecule has 11 heavy (non-hydrogen) atoms. The van der Waals surface area contributed by atoms with E-state index in [1.165, 1.54) is 10.4 Å².